The lowest BCUT2D eigenvalue weighted by molar-refractivity contribution is -0.141. The zero-order valence-corrected chi connectivity index (χ0v) is 13.3. The Morgan fingerprint density at radius 2 is 2.04 bits per heavy atom. The third kappa shape index (κ3) is 3.45. The van der Waals surface area contributed by atoms with Crippen LogP contribution in [0.2, 0.25) is 0 Å². The minimum absolute atomic E-state index is 0.000888. The molecule has 1 saturated carbocycles. The van der Waals surface area contributed by atoms with Gasteiger partial charge in [-0.05, 0) is 31.9 Å². The minimum Gasteiger partial charge on any atom is -0.484 e. The largest absolute Gasteiger partial charge is 0.484 e. The Labute approximate surface area is 139 Å². The van der Waals surface area contributed by atoms with Crippen molar-refractivity contribution in [3.8, 4) is 5.75 Å². The molecule has 0 spiro atoms. The van der Waals surface area contributed by atoms with Crippen LogP contribution in [0.25, 0.3) is 0 Å². The van der Waals surface area contributed by atoms with E-state index in [1.165, 1.54) is 11.8 Å². The average molecular weight is 330 g/mol. The molecule has 3 rings (SSSR count). The minimum atomic E-state index is -0.746. The Hall–Kier alpha value is -2.70. The zero-order chi connectivity index (χ0) is 17.3. The summed E-state index contributed by atoms with van der Waals surface area (Å²) in [5, 5.41) is 2.23. The highest BCUT2D eigenvalue weighted by atomic mass is 16.5. The predicted molar refractivity (Wildman–Crippen MR) is 83.4 cm³/mol. The lowest BCUT2D eigenvalue weighted by Gasteiger charge is -2.26. The first kappa shape index (κ1) is 16.2. The van der Waals surface area contributed by atoms with E-state index in [1.807, 2.05) is 0 Å². The fraction of sp³-hybridized carbons (Fsp3) is 0.412. The number of carbonyl (C=O) groups excluding carboxylic acids is 4. The van der Waals surface area contributed by atoms with Crippen molar-refractivity contribution in [3.05, 3.63) is 29.8 Å². The van der Waals surface area contributed by atoms with Gasteiger partial charge in [-0.25, -0.2) is 0 Å². The number of ketones is 1. The number of imide groups is 1. The van der Waals surface area contributed by atoms with E-state index in [0.29, 0.717) is 11.3 Å². The van der Waals surface area contributed by atoms with Gasteiger partial charge in [-0.3, -0.25) is 24.5 Å². The first-order valence-electron chi connectivity index (χ1n) is 7.84. The highest BCUT2D eigenvalue weighted by molar-refractivity contribution is 6.07. The van der Waals surface area contributed by atoms with Gasteiger partial charge in [-0.2, -0.15) is 0 Å². The fourth-order valence-corrected chi connectivity index (χ4v) is 2.77. The molecule has 24 heavy (non-hydrogen) atoms. The van der Waals surface area contributed by atoms with Crippen molar-refractivity contribution >= 4 is 23.5 Å². The normalized spacial score (nSPS) is 19.8. The van der Waals surface area contributed by atoms with Crippen LogP contribution in [0, 0.1) is 0 Å². The molecule has 126 valence electrons. The van der Waals surface area contributed by atoms with Crippen LogP contribution in [-0.2, 0) is 14.4 Å². The molecule has 2 fully saturated rings. The summed E-state index contributed by atoms with van der Waals surface area (Å²) in [6.45, 7) is 1.21. The Balaban J connectivity index is 1.66. The molecule has 1 N–H and O–H groups in total. The van der Waals surface area contributed by atoms with Crippen LogP contribution in [0.3, 0.4) is 0 Å². The van der Waals surface area contributed by atoms with E-state index in [1.54, 1.807) is 24.3 Å². The van der Waals surface area contributed by atoms with E-state index >= 15 is 0 Å². The van der Waals surface area contributed by atoms with Crippen LogP contribution in [-0.4, -0.2) is 47.1 Å². The molecule has 1 atom stereocenters. The van der Waals surface area contributed by atoms with Gasteiger partial charge in [-0.1, -0.05) is 12.1 Å². The summed E-state index contributed by atoms with van der Waals surface area (Å²) in [5.74, 6) is -0.802. The molecule has 1 heterocycles. The van der Waals surface area contributed by atoms with Crippen LogP contribution < -0.4 is 10.1 Å². The standard InChI is InChI=1S/C17H18N2O5/c1-10(20)11-3-2-4-13(7-11)24-9-16(22)19(12-5-6-12)14-8-15(21)18-17(14)23/h2-4,7,12,14H,5-6,8-9H2,1H3,(H,18,21,23)/t14-/m0/s1. The number of Topliss-reactive ketones (excluding diaryl/α,β-unsaturated/α-hetero) is 1. The molecule has 2 aliphatic rings. The molecule has 7 heteroatoms. The maximum atomic E-state index is 12.5. The summed E-state index contributed by atoms with van der Waals surface area (Å²) in [6.07, 6.45) is 1.65. The Bertz CT molecular complexity index is 711. The van der Waals surface area contributed by atoms with Crippen molar-refractivity contribution in [1.29, 1.82) is 0 Å². The van der Waals surface area contributed by atoms with Gasteiger partial charge >= 0.3 is 0 Å². The maximum Gasteiger partial charge on any atom is 0.261 e. The SMILES string of the molecule is CC(=O)c1cccc(OCC(=O)N(C2CC2)[C@H]2CC(=O)NC2=O)c1. The Kier molecular flexibility index (Phi) is 4.33. The second-order valence-corrected chi connectivity index (χ2v) is 6.04. The lowest BCUT2D eigenvalue weighted by atomic mass is 10.1. The van der Waals surface area contributed by atoms with E-state index in [2.05, 4.69) is 5.32 Å². The van der Waals surface area contributed by atoms with Crippen molar-refractivity contribution in [2.24, 2.45) is 0 Å². The first-order chi connectivity index (χ1) is 11.5. The zero-order valence-electron chi connectivity index (χ0n) is 13.3. The number of carbonyl (C=O) groups is 4. The molecule has 1 aromatic rings. The van der Waals surface area contributed by atoms with Gasteiger partial charge in [-0.15, -0.1) is 0 Å². The Morgan fingerprint density at radius 1 is 1.29 bits per heavy atom. The topological polar surface area (TPSA) is 92.8 Å². The van der Waals surface area contributed by atoms with Gasteiger partial charge in [0, 0.05) is 11.6 Å². The van der Waals surface area contributed by atoms with Crippen molar-refractivity contribution in [1.82, 2.24) is 10.2 Å². The van der Waals surface area contributed by atoms with Crippen LogP contribution in [0.15, 0.2) is 24.3 Å². The van der Waals surface area contributed by atoms with Crippen molar-refractivity contribution in [2.75, 3.05) is 6.61 Å². The summed E-state index contributed by atoms with van der Waals surface area (Å²) in [5.41, 5.74) is 0.500. The van der Waals surface area contributed by atoms with Crippen molar-refractivity contribution in [3.63, 3.8) is 0 Å². The molecular weight excluding hydrogens is 312 g/mol. The van der Waals surface area contributed by atoms with E-state index in [4.69, 9.17) is 4.74 Å². The van der Waals surface area contributed by atoms with E-state index in [0.717, 1.165) is 12.8 Å². The molecule has 0 radical (unpaired) electrons. The number of rotatable bonds is 6. The molecule has 7 nitrogen and oxygen atoms in total. The second-order valence-electron chi connectivity index (χ2n) is 6.04. The van der Waals surface area contributed by atoms with Crippen LogP contribution in [0.1, 0.15) is 36.5 Å². The summed E-state index contributed by atoms with van der Waals surface area (Å²) in [4.78, 5) is 48.6. The van der Waals surface area contributed by atoms with Gasteiger partial charge < -0.3 is 9.64 Å². The molecule has 1 aromatic carbocycles. The molecule has 0 aromatic heterocycles. The molecule has 1 aliphatic carbocycles. The maximum absolute atomic E-state index is 12.5. The smallest absolute Gasteiger partial charge is 0.261 e. The summed E-state index contributed by atoms with van der Waals surface area (Å²) < 4.78 is 5.48. The third-order valence-electron chi connectivity index (χ3n) is 4.11. The van der Waals surface area contributed by atoms with Crippen LogP contribution in [0.5, 0.6) is 5.75 Å². The number of amides is 3. The summed E-state index contributed by atoms with van der Waals surface area (Å²) in [7, 11) is 0. The molecular formula is C17H18N2O5. The summed E-state index contributed by atoms with van der Waals surface area (Å²) in [6, 6.07) is 5.83. The van der Waals surface area contributed by atoms with Crippen molar-refractivity contribution in [2.45, 2.75) is 38.3 Å². The van der Waals surface area contributed by atoms with Crippen LogP contribution in [0.4, 0.5) is 0 Å². The lowest BCUT2D eigenvalue weighted by Crippen LogP contribution is -2.47. The van der Waals surface area contributed by atoms with E-state index in [-0.39, 0.29) is 36.7 Å². The second kappa shape index (κ2) is 6.43. The van der Waals surface area contributed by atoms with E-state index in [9.17, 15) is 19.2 Å². The van der Waals surface area contributed by atoms with Gasteiger partial charge in [0.05, 0.1) is 6.42 Å². The number of benzene rings is 1. The highest BCUT2D eigenvalue weighted by Crippen LogP contribution is 2.31. The van der Waals surface area contributed by atoms with Crippen LogP contribution >= 0.6 is 0 Å². The number of nitrogens with one attached hydrogen (secondary N) is 1. The van der Waals surface area contributed by atoms with Gasteiger partial charge in [0.15, 0.2) is 12.4 Å². The third-order valence-corrected chi connectivity index (χ3v) is 4.11. The van der Waals surface area contributed by atoms with Crippen molar-refractivity contribution < 1.29 is 23.9 Å². The fourth-order valence-electron chi connectivity index (χ4n) is 2.77. The quantitative estimate of drug-likeness (QED) is 0.611. The van der Waals surface area contributed by atoms with Gasteiger partial charge in [0.1, 0.15) is 11.8 Å². The molecule has 0 bridgehead atoms. The molecule has 1 aliphatic heterocycles. The van der Waals surface area contributed by atoms with E-state index < -0.39 is 11.9 Å². The van der Waals surface area contributed by atoms with Gasteiger partial charge in [0.2, 0.25) is 11.8 Å². The van der Waals surface area contributed by atoms with Gasteiger partial charge in [0.25, 0.3) is 5.91 Å². The number of hydrogen-bond donors (Lipinski definition) is 1. The highest BCUT2D eigenvalue weighted by Gasteiger charge is 2.44. The Morgan fingerprint density at radius 3 is 2.62 bits per heavy atom. The number of ether oxygens (including phenoxy) is 1. The predicted octanol–water partition coefficient (Wildman–Crippen LogP) is 0.674. The molecule has 0 unspecified atom stereocenters. The monoisotopic (exact) mass is 330 g/mol. The first-order valence-corrected chi connectivity index (χ1v) is 7.84. The number of nitrogens with zero attached hydrogens (tertiary/aromatic N) is 1. The average Bonchev–Trinajstić information content (AvgIpc) is 3.31. The summed E-state index contributed by atoms with van der Waals surface area (Å²) >= 11 is 0. The number of hydrogen-bond acceptors (Lipinski definition) is 5. The molecule has 1 saturated heterocycles. The molecule has 3 amide bonds.